The molecule has 132 valence electrons. The van der Waals surface area contributed by atoms with E-state index in [-0.39, 0.29) is 24.8 Å². The SMILES string of the molecule is Cl.Cl.Clc1cccc(-c2cnc(CN3CCC4CCC(C3)N4)o2)c1. The Labute approximate surface area is 159 Å². The highest BCUT2D eigenvalue weighted by Gasteiger charge is 2.29. The van der Waals surface area contributed by atoms with E-state index in [9.17, 15) is 0 Å². The van der Waals surface area contributed by atoms with Gasteiger partial charge in [-0.05, 0) is 31.4 Å². The fraction of sp³-hybridized carbons (Fsp3) is 0.471. The molecule has 1 aromatic carbocycles. The van der Waals surface area contributed by atoms with E-state index in [2.05, 4.69) is 15.2 Å². The largest absolute Gasteiger partial charge is 0.439 e. The van der Waals surface area contributed by atoms with E-state index in [1.807, 2.05) is 24.3 Å². The van der Waals surface area contributed by atoms with E-state index >= 15 is 0 Å². The highest BCUT2D eigenvalue weighted by Crippen LogP contribution is 2.25. The van der Waals surface area contributed by atoms with E-state index in [4.69, 9.17) is 16.0 Å². The summed E-state index contributed by atoms with van der Waals surface area (Å²) in [4.78, 5) is 6.89. The lowest BCUT2D eigenvalue weighted by Crippen LogP contribution is -2.35. The fourth-order valence-corrected chi connectivity index (χ4v) is 3.70. The van der Waals surface area contributed by atoms with Crippen LogP contribution in [0.4, 0.5) is 0 Å². The quantitative estimate of drug-likeness (QED) is 0.854. The van der Waals surface area contributed by atoms with Gasteiger partial charge in [0.2, 0.25) is 5.89 Å². The van der Waals surface area contributed by atoms with Crippen molar-refractivity contribution < 1.29 is 4.42 Å². The molecule has 0 radical (unpaired) electrons. The first-order chi connectivity index (χ1) is 10.8. The van der Waals surface area contributed by atoms with Gasteiger partial charge < -0.3 is 9.73 Å². The van der Waals surface area contributed by atoms with Crippen LogP contribution >= 0.6 is 36.4 Å². The van der Waals surface area contributed by atoms with Gasteiger partial charge in [-0.3, -0.25) is 4.90 Å². The summed E-state index contributed by atoms with van der Waals surface area (Å²) < 4.78 is 5.92. The molecule has 2 aliphatic heterocycles. The Morgan fingerprint density at radius 1 is 1.21 bits per heavy atom. The smallest absolute Gasteiger partial charge is 0.209 e. The number of oxazole rings is 1. The maximum Gasteiger partial charge on any atom is 0.209 e. The minimum Gasteiger partial charge on any atom is -0.439 e. The molecule has 2 fully saturated rings. The van der Waals surface area contributed by atoms with Crippen LogP contribution in [0.3, 0.4) is 0 Å². The lowest BCUT2D eigenvalue weighted by atomic mass is 10.1. The maximum absolute atomic E-state index is 6.03. The van der Waals surface area contributed by atoms with Crippen LogP contribution in [0.25, 0.3) is 11.3 Å². The number of hydrogen-bond acceptors (Lipinski definition) is 4. The summed E-state index contributed by atoms with van der Waals surface area (Å²) in [7, 11) is 0. The number of likely N-dealkylation sites (tertiary alicyclic amines) is 1. The number of halogens is 3. The van der Waals surface area contributed by atoms with Crippen molar-refractivity contribution in [2.45, 2.75) is 37.9 Å². The number of nitrogens with zero attached hydrogens (tertiary/aromatic N) is 2. The molecule has 2 saturated heterocycles. The topological polar surface area (TPSA) is 41.3 Å². The van der Waals surface area contributed by atoms with Crippen molar-refractivity contribution in [1.82, 2.24) is 15.2 Å². The molecule has 2 aliphatic rings. The molecule has 2 unspecified atom stereocenters. The van der Waals surface area contributed by atoms with Crippen molar-refractivity contribution in [3.05, 3.63) is 41.4 Å². The van der Waals surface area contributed by atoms with Gasteiger partial charge in [-0.15, -0.1) is 24.8 Å². The molecule has 2 bridgehead atoms. The molecule has 0 spiro atoms. The third-order valence-electron chi connectivity index (χ3n) is 4.63. The predicted octanol–water partition coefficient (Wildman–Crippen LogP) is 4.16. The second kappa shape index (κ2) is 8.54. The van der Waals surface area contributed by atoms with Gasteiger partial charge in [0, 0.05) is 35.8 Å². The van der Waals surface area contributed by atoms with E-state index < -0.39 is 0 Å². The van der Waals surface area contributed by atoms with E-state index in [0.717, 1.165) is 36.8 Å². The Morgan fingerprint density at radius 2 is 2.04 bits per heavy atom. The van der Waals surface area contributed by atoms with Gasteiger partial charge in [0.1, 0.15) is 0 Å². The summed E-state index contributed by atoms with van der Waals surface area (Å²) in [6, 6.07) is 9.03. The molecule has 1 aromatic heterocycles. The molecular formula is C17H22Cl3N3O. The van der Waals surface area contributed by atoms with E-state index in [1.54, 1.807) is 6.20 Å². The first-order valence-corrected chi connectivity index (χ1v) is 8.33. The van der Waals surface area contributed by atoms with Crippen molar-refractivity contribution in [3.63, 3.8) is 0 Å². The van der Waals surface area contributed by atoms with Crippen LogP contribution in [0.1, 0.15) is 25.2 Å². The highest BCUT2D eigenvalue weighted by molar-refractivity contribution is 6.30. The van der Waals surface area contributed by atoms with Crippen LogP contribution in [0, 0.1) is 0 Å². The van der Waals surface area contributed by atoms with Crippen LogP contribution in [-0.2, 0) is 6.54 Å². The van der Waals surface area contributed by atoms with E-state index in [0.29, 0.717) is 17.1 Å². The van der Waals surface area contributed by atoms with Gasteiger partial charge in [0.25, 0.3) is 0 Å². The van der Waals surface area contributed by atoms with Crippen molar-refractivity contribution in [2.75, 3.05) is 13.1 Å². The van der Waals surface area contributed by atoms with Crippen molar-refractivity contribution in [2.24, 2.45) is 0 Å². The Bertz CT molecular complexity index is 664. The van der Waals surface area contributed by atoms with Gasteiger partial charge in [-0.2, -0.15) is 0 Å². The first-order valence-electron chi connectivity index (χ1n) is 7.95. The standard InChI is InChI=1S/C17H20ClN3O.2ClH/c18-13-3-1-2-12(8-13)16-9-19-17(22-16)11-21-7-6-14-4-5-15(10-21)20-14;;/h1-3,8-9,14-15,20H,4-7,10-11H2;2*1H. The summed E-state index contributed by atoms with van der Waals surface area (Å²) in [6.45, 7) is 2.99. The number of hydrogen-bond donors (Lipinski definition) is 1. The van der Waals surface area contributed by atoms with Crippen LogP contribution in [0.2, 0.25) is 5.02 Å². The Kier molecular flexibility index (Phi) is 6.96. The number of fused-ring (bicyclic) bond motifs is 2. The van der Waals surface area contributed by atoms with Gasteiger partial charge in [0.15, 0.2) is 5.76 Å². The molecule has 1 N–H and O–H groups in total. The molecule has 7 heteroatoms. The normalized spacial score (nSPS) is 23.2. The second-order valence-corrected chi connectivity index (χ2v) is 6.73. The molecule has 4 nitrogen and oxygen atoms in total. The van der Waals surface area contributed by atoms with Crippen molar-refractivity contribution in [3.8, 4) is 11.3 Å². The highest BCUT2D eigenvalue weighted by atomic mass is 35.5. The lowest BCUT2D eigenvalue weighted by molar-refractivity contribution is 0.228. The Balaban J connectivity index is 0.00000104. The Morgan fingerprint density at radius 3 is 2.88 bits per heavy atom. The average Bonchev–Trinajstić information content (AvgIpc) is 3.08. The van der Waals surface area contributed by atoms with Gasteiger partial charge >= 0.3 is 0 Å². The van der Waals surface area contributed by atoms with Gasteiger partial charge in [-0.1, -0.05) is 23.7 Å². The molecule has 0 aliphatic carbocycles. The van der Waals surface area contributed by atoms with Gasteiger partial charge in [0.05, 0.1) is 12.7 Å². The maximum atomic E-state index is 6.03. The molecular weight excluding hydrogens is 369 g/mol. The average molecular weight is 391 g/mol. The zero-order valence-corrected chi connectivity index (χ0v) is 15.7. The zero-order valence-electron chi connectivity index (χ0n) is 13.3. The molecule has 0 amide bonds. The summed E-state index contributed by atoms with van der Waals surface area (Å²) in [6.07, 6.45) is 5.64. The molecule has 2 atom stereocenters. The fourth-order valence-electron chi connectivity index (χ4n) is 3.51. The molecule has 4 rings (SSSR count). The minimum absolute atomic E-state index is 0. The summed E-state index contributed by atoms with van der Waals surface area (Å²) in [5, 5.41) is 4.41. The molecule has 24 heavy (non-hydrogen) atoms. The van der Waals surface area contributed by atoms with Crippen molar-refractivity contribution >= 4 is 36.4 Å². The van der Waals surface area contributed by atoms with Crippen LogP contribution in [0.5, 0.6) is 0 Å². The second-order valence-electron chi connectivity index (χ2n) is 6.29. The molecule has 0 saturated carbocycles. The number of benzene rings is 1. The van der Waals surface area contributed by atoms with E-state index in [1.165, 1.54) is 19.3 Å². The number of nitrogens with one attached hydrogen (secondary N) is 1. The number of aromatic nitrogens is 1. The molecule has 2 aromatic rings. The summed E-state index contributed by atoms with van der Waals surface area (Å²) in [5.74, 6) is 1.57. The van der Waals surface area contributed by atoms with Crippen LogP contribution in [-0.4, -0.2) is 35.1 Å². The predicted molar refractivity (Wildman–Crippen MR) is 101 cm³/mol. The lowest BCUT2D eigenvalue weighted by Gasteiger charge is -2.22. The summed E-state index contributed by atoms with van der Waals surface area (Å²) >= 11 is 6.03. The molecule has 3 heterocycles. The third-order valence-corrected chi connectivity index (χ3v) is 4.86. The number of rotatable bonds is 3. The Hall–Kier alpha value is -0.780. The monoisotopic (exact) mass is 389 g/mol. The van der Waals surface area contributed by atoms with Gasteiger partial charge in [-0.25, -0.2) is 4.98 Å². The zero-order chi connectivity index (χ0) is 14.9. The first kappa shape index (κ1) is 19.5. The van der Waals surface area contributed by atoms with Crippen molar-refractivity contribution in [1.29, 1.82) is 0 Å². The van der Waals surface area contributed by atoms with Crippen LogP contribution in [0.15, 0.2) is 34.9 Å². The summed E-state index contributed by atoms with van der Waals surface area (Å²) in [5.41, 5.74) is 0.975. The van der Waals surface area contributed by atoms with Crippen LogP contribution < -0.4 is 5.32 Å². The minimum atomic E-state index is 0. The third kappa shape index (κ3) is 4.44.